The summed E-state index contributed by atoms with van der Waals surface area (Å²) in [6.45, 7) is 2.92. The Morgan fingerprint density at radius 3 is 2.56 bits per heavy atom. The molecular weight excluding hydrogens is 318 g/mol. The maximum Gasteiger partial charge on any atom is 0.318 e. The molecule has 2 N–H and O–H groups in total. The quantitative estimate of drug-likeness (QED) is 0.858. The predicted molar refractivity (Wildman–Crippen MR) is 95.0 cm³/mol. The molecule has 0 aromatic carbocycles. The van der Waals surface area contributed by atoms with Crippen LogP contribution in [0.2, 0.25) is 0 Å². The zero-order chi connectivity index (χ0) is 17.6. The molecule has 7 nitrogen and oxygen atoms in total. The van der Waals surface area contributed by atoms with Crippen LogP contribution in [0, 0.1) is 0 Å². The van der Waals surface area contributed by atoms with E-state index in [0.717, 1.165) is 50.9 Å². The van der Waals surface area contributed by atoms with Gasteiger partial charge in [0.05, 0.1) is 12.6 Å². The molecule has 136 valence electrons. The molecular formula is C18H27N5O2. The summed E-state index contributed by atoms with van der Waals surface area (Å²) < 4.78 is 0. The van der Waals surface area contributed by atoms with Crippen LogP contribution in [-0.2, 0) is 4.79 Å². The number of piperidine rings is 1. The van der Waals surface area contributed by atoms with Crippen molar-refractivity contribution in [3.8, 4) is 0 Å². The van der Waals surface area contributed by atoms with E-state index in [1.807, 2.05) is 17.0 Å². The van der Waals surface area contributed by atoms with Crippen LogP contribution in [-0.4, -0.2) is 66.0 Å². The van der Waals surface area contributed by atoms with Crippen molar-refractivity contribution >= 4 is 11.9 Å². The number of rotatable bonds is 4. The summed E-state index contributed by atoms with van der Waals surface area (Å²) in [5.74, 6) is 0.0414. The van der Waals surface area contributed by atoms with Gasteiger partial charge in [-0.25, -0.2) is 4.79 Å². The Labute approximate surface area is 148 Å². The second-order valence-electron chi connectivity index (χ2n) is 6.81. The van der Waals surface area contributed by atoms with Gasteiger partial charge in [-0.3, -0.25) is 14.7 Å². The van der Waals surface area contributed by atoms with Crippen LogP contribution in [0.25, 0.3) is 0 Å². The molecule has 0 bridgehead atoms. The van der Waals surface area contributed by atoms with E-state index in [-0.39, 0.29) is 24.0 Å². The minimum atomic E-state index is 0.0315. The molecule has 1 aromatic rings. The number of aromatic nitrogens is 1. The van der Waals surface area contributed by atoms with E-state index < -0.39 is 0 Å². The Bertz CT molecular complexity index is 586. The third kappa shape index (κ3) is 4.48. The summed E-state index contributed by atoms with van der Waals surface area (Å²) in [4.78, 5) is 32.3. The third-order valence-electron chi connectivity index (χ3n) is 5.17. The summed E-state index contributed by atoms with van der Waals surface area (Å²) in [6.07, 6.45) is 7.37. The van der Waals surface area contributed by atoms with Crippen molar-refractivity contribution in [2.24, 2.45) is 0 Å². The Morgan fingerprint density at radius 2 is 1.88 bits per heavy atom. The molecule has 2 aliphatic heterocycles. The van der Waals surface area contributed by atoms with Crippen LogP contribution in [0.1, 0.15) is 37.3 Å². The number of pyridine rings is 1. The highest BCUT2D eigenvalue weighted by molar-refractivity contribution is 5.77. The molecule has 2 saturated heterocycles. The molecule has 1 aromatic heterocycles. The molecule has 0 radical (unpaired) electrons. The molecule has 1 atom stereocenters. The molecule has 7 heteroatoms. The first kappa shape index (κ1) is 17.7. The first-order chi connectivity index (χ1) is 12.2. The maximum absolute atomic E-state index is 12.7. The number of nitrogens with zero attached hydrogens (tertiary/aromatic N) is 3. The van der Waals surface area contributed by atoms with Crippen molar-refractivity contribution in [3.63, 3.8) is 0 Å². The number of carbonyl (C=O) groups excluding carboxylic acids is 2. The molecule has 2 fully saturated rings. The van der Waals surface area contributed by atoms with Gasteiger partial charge < -0.3 is 15.5 Å². The van der Waals surface area contributed by atoms with Crippen molar-refractivity contribution < 1.29 is 9.59 Å². The number of carbonyl (C=O) groups is 2. The van der Waals surface area contributed by atoms with Crippen LogP contribution >= 0.6 is 0 Å². The summed E-state index contributed by atoms with van der Waals surface area (Å²) in [7, 11) is 1.66. The Morgan fingerprint density at radius 1 is 1.16 bits per heavy atom. The van der Waals surface area contributed by atoms with E-state index in [9.17, 15) is 9.59 Å². The van der Waals surface area contributed by atoms with Gasteiger partial charge in [0.25, 0.3) is 0 Å². The normalized spacial score (nSPS) is 22.0. The molecule has 25 heavy (non-hydrogen) atoms. The van der Waals surface area contributed by atoms with Crippen LogP contribution in [0.4, 0.5) is 4.79 Å². The highest BCUT2D eigenvalue weighted by atomic mass is 16.2. The molecule has 3 amide bonds. The molecule has 0 aliphatic carbocycles. The Balaban J connectivity index is 1.50. The predicted octanol–water partition coefficient (Wildman–Crippen LogP) is 1.14. The summed E-state index contributed by atoms with van der Waals surface area (Å²) in [6, 6.07) is 4.36. The van der Waals surface area contributed by atoms with E-state index in [0.29, 0.717) is 6.54 Å². The van der Waals surface area contributed by atoms with Gasteiger partial charge in [0, 0.05) is 45.1 Å². The van der Waals surface area contributed by atoms with E-state index in [1.54, 1.807) is 19.4 Å². The Hall–Kier alpha value is -2.15. The standard InChI is InChI=1S/C18H27N5O2/c1-19-17(24)13-22-11-6-15(7-12-22)21-18(25)23-10-2-3-16(23)14-4-8-20-9-5-14/h4-5,8-9,15-16H,2-3,6-7,10-13H2,1H3,(H,19,24)(H,21,25). The minimum absolute atomic E-state index is 0.0315. The van der Waals surface area contributed by atoms with Crippen molar-refractivity contribution in [3.05, 3.63) is 30.1 Å². The van der Waals surface area contributed by atoms with Gasteiger partial charge in [0.1, 0.15) is 0 Å². The fourth-order valence-electron chi connectivity index (χ4n) is 3.72. The average Bonchev–Trinajstić information content (AvgIpc) is 3.14. The number of likely N-dealkylation sites (N-methyl/N-ethyl adjacent to an activating group) is 1. The number of amides is 3. The zero-order valence-electron chi connectivity index (χ0n) is 14.8. The molecule has 0 spiro atoms. The van der Waals surface area contributed by atoms with Crippen LogP contribution in [0.15, 0.2) is 24.5 Å². The van der Waals surface area contributed by atoms with Crippen molar-refractivity contribution in [2.75, 3.05) is 33.2 Å². The summed E-state index contributed by atoms with van der Waals surface area (Å²) in [5.41, 5.74) is 1.16. The van der Waals surface area contributed by atoms with E-state index in [1.165, 1.54) is 0 Å². The van der Waals surface area contributed by atoms with Gasteiger partial charge in [-0.15, -0.1) is 0 Å². The average molecular weight is 345 g/mol. The highest BCUT2D eigenvalue weighted by Crippen LogP contribution is 2.31. The van der Waals surface area contributed by atoms with E-state index in [2.05, 4.69) is 20.5 Å². The number of hydrogen-bond acceptors (Lipinski definition) is 4. The number of likely N-dealkylation sites (tertiary alicyclic amines) is 2. The Kier molecular flexibility index (Phi) is 5.86. The van der Waals surface area contributed by atoms with Gasteiger partial charge in [-0.05, 0) is 43.4 Å². The fraction of sp³-hybridized carbons (Fsp3) is 0.611. The summed E-state index contributed by atoms with van der Waals surface area (Å²) >= 11 is 0. The maximum atomic E-state index is 12.7. The third-order valence-corrected chi connectivity index (χ3v) is 5.17. The minimum Gasteiger partial charge on any atom is -0.358 e. The van der Waals surface area contributed by atoms with Gasteiger partial charge in [0.2, 0.25) is 5.91 Å². The lowest BCUT2D eigenvalue weighted by atomic mass is 10.0. The first-order valence-corrected chi connectivity index (χ1v) is 9.07. The van der Waals surface area contributed by atoms with Gasteiger partial charge >= 0.3 is 6.03 Å². The van der Waals surface area contributed by atoms with E-state index >= 15 is 0 Å². The monoisotopic (exact) mass is 345 g/mol. The first-order valence-electron chi connectivity index (χ1n) is 9.07. The van der Waals surface area contributed by atoms with Crippen molar-refractivity contribution in [2.45, 2.75) is 37.8 Å². The van der Waals surface area contributed by atoms with Crippen LogP contribution < -0.4 is 10.6 Å². The molecule has 3 rings (SSSR count). The molecule has 2 aliphatic rings. The topological polar surface area (TPSA) is 77.6 Å². The van der Waals surface area contributed by atoms with Gasteiger partial charge in [0.15, 0.2) is 0 Å². The highest BCUT2D eigenvalue weighted by Gasteiger charge is 2.31. The van der Waals surface area contributed by atoms with E-state index in [4.69, 9.17) is 0 Å². The lowest BCUT2D eigenvalue weighted by Gasteiger charge is -2.33. The largest absolute Gasteiger partial charge is 0.358 e. The summed E-state index contributed by atoms with van der Waals surface area (Å²) in [5, 5.41) is 5.84. The molecule has 1 unspecified atom stereocenters. The van der Waals surface area contributed by atoms with Gasteiger partial charge in [-0.1, -0.05) is 0 Å². The van der Waals surface area contributed by atoms with Crippen LogP contribution in [0.5, 0.6) is 0 Å². The molecule has 3 heterocycles. The lowest BCUT2D eigenvalue weighted by Crippen LogP contribution is -2.50. The smallest absolute Gasteiger partial charge is 0.318 e. The lowest BCUT2D eigenvalue weighted by molar-refractivity contribution is -0.122. The second-order valence-corrected chi connectivity index (χ2v) is 6.81. The zero-order valence-corrected chi connectivity index (χ0v) is 14.8. The van der Waals surface area contributed by atoms with Crippen molar-refractivity contribution in [1.29, 1.82) is 0 Å². The number of urea groups is 1. The van der Waals surface area contributed by atoms with Crippen molar-refractivity contribution in [1.82, 2.24) is 25.4 Å². The number of nitrogens with one attached hydrogen (secondary N) is 2. The SMILES string of the molecule is CNC(=O)CN1CCC(NC(=O)N2CCCC2c2ccncc2)CC1. The number of hydrogen-bond donors (Lipinski definition) is 2. The fourth-order valence-corrected chi connectivity index (χ4v) is 3.72. The molecule has 0 saturated carbocycles. The second kappa shape index (κ2) is 8.29. The van der Waals surface area contributed by atoms with Gasteiger partial charge in [-0.2, -0.15) is 0 Å². The van der Waals surface area contributed by atoms with Crippen LogP contribution in [0.3, 0.4) is 0 Å².